The summed E-state index contributed by atoms with van der Waals surface area (Å²) in [6, 6.07) is 0. The standard InChI is InChI=1S/C3H6O4S/c1-3(4)7-8(5)6-2/h1-2H3. The maximum atomic E-state index is 10.1. The van der Waals surface area contributed by atoms with Crippen molar-refractivity contribution < 1.29 is 17.4 Å². The maximum absolute atomic E-state index is 10.1. The molecule has 5 heteroatoms. The van der Waals surface area contributed by atoms with Crippen LogP contribution in [0.15, 0.2) is 0 Å². The van der Waals surface area contributed by atoms with Gasteiger partial charge in [-0.2, -0.15) is 4.21 Å². The minimum atomic E-state index is -1.91. The van der Waals surface area contributed by atoms with Gasteiger partial charge in [-0.1, -0.05) is 0 Å². The summed E-state index contributed by atoms with van der Waals surface area (Å²) in [7, 11) is 1.18. The minimum absolute atomic E-state index is 0.620. The van der Waals surface area contributed by atoms with E-state index >= 15 is 0 Å². The summed E-state index contributed by atoms with van der Waals surface area (Å²) in [6.07, 6.45) is 0. The van der Waals surface area contributed by atoms with Gasteiger partial charge in [-0.3, -0.25) is 8.98 Å². The number of carbonyl (C=O) groups is 1. The molecule has 0 rings (SSSR count). The molecule has 0 bridgehead atoms. The molecule has 1 unspecified atom stereocenters. The number of hydrogen-bond acceptors (Lipinski definition) is 4. The SMILES string of the molecule is COS(=O)OC(C)=O. The minimum Gasteiger partial charge on any atom is -0.344 e. The fourth-order valence-electron chi connectivity index (χ4n) is 0.130. The van der Waals surface area contributed by atoms with E-state index in [1.54, 1.807) is 0 Å². The summed E-state index contributed by atoms with van der Waals surface area (Å²) in [5.41, 5.74) is 0. The molecule has 0 aliphatic rings. The molecule has 0 spiro atoms. The van der Waals surface area contributed by atoms with Crippen LogP contribution in [0, 0.1) is 0 Å². The Balaban J connectivity index is 3.40. The van der Waals surface area contributed by atoms with Crippen molar-refractivity contribution in [3.05, 3.63) is 0 Å². The Labute approximate surface area is 49.7 Å². The van der Waals surface area contributed by atoms with E-state index in [0.29, 0.717) is 0 Å². The van der Waals surface area contributed by atoms with E-state index in [1.165, 1.54) is 7.11 Å². The number of hydrogen-bond donors (Lipinski definition) is 0. The Hall–Kier alpha value is -0.420. The average Bonchev–Trinajstić information content (AvgIpc) is 1.65. The van der Waals surface area contributed by atoms with E-state index in [2.05, 4.69) is 8.37 Å². The van der Waals surface area contributed by atoms with E-state index < -0.39 is 17.3 Å². The molecule has 0 amide bonds. The van der Waals surface area contributed by atoms with E-state index in [0.717, 1.165) is 6.92 Å². The Morgan fingerprint density at radius 3 is 2.25 bits per heavy atom. The molecule has 48 valence electrons. The molecule has 0 aliphatic heterocycles. The lowest BCUT2D eigenvalue weighted by molar-refractivity contribution is -0.131. The Morgan fingerprint density at radius 2 is 2.12 bits per heavy atom. The first-order valence-electron chi connectivity index (χ1n) is 1.82. The largest absolute Gasteiger partial charge is 0.362 e. The number of rotatable bonds is 2. The second kappa shape index (κ2) is 3.57. The lowest BCUT2D eigenvalue weighted by atomic mass is 10.9. The van der Waals surface area contributed by atoms with Crippen LogP contribution in [0.5, 0.6) is 0 Å². The Kier molecular flexibility index (Phi) is 3.38. The zero-order valence-electron chi connectivity index (χ0n) is 4.54. The average molecular weight is 138 g/mol. The molecule has 0 saturated heterocycles. The van der Waals surface area contributed by atoms with Crippen molar-refractivity contribution in [3.63, 3.8) is 0 Å². The normalized spacial score (nSPS) is 12.8. The highest BCUT2D eigenvalue weighted by Gasteiger charge is 1.98. The van der Waals surface area contributed by atoms with Crippen LogP contribution in [-0.4, -0.2) is 17.3 Å². The molecular formula is C3H6O4S. The van der Waals surface area contributed by atoms with Gasteiger partial charge < -0.3 is 4.18 Å². The van der Waals surface area contributed by atoms with E-state index in [4.69, 9.17) is 0 Å². The molecule has 0 heterocycles. The molecule has 0 radical (unpaired) electrons. The third-order valence-corrected chi connectivity index (χ3v) is 0.964. The molecule has 1 atom stereocenters. The lowest BCUT2D eigenvalue weighted by Gasteiger charge is -1.92. The van der Waals surface area contributed by atoms with Crippen molar-refractivity contribution in [2.45, 2.75) is 6.92 Å². The first kappa shape index (κ1) is 7.58. The zero-order valence-corrected chi connectivity index (χ0v) is 5.36. The van der Waals surface area contributed by atoms with Crippen LogP contribution in [0.3, 0.4) is 0 Å². The van der Waals surface area contributed by atoms with Gasteiger partial charge in [-0.05, 0) is 0 Å². The summed E-state index contributed by atoms with van der Waals surface area (Å²) in [5, 5.41) is 0. The van der Waals surface area contributed by atoms with Gasteiger partial charge in [0.15, 0.2) is 0 Å². The third-order valence-electron chi connectivity index (χ3n) is 0.321. The highest BCUT2D eigenvalue weighted by Crippen LogP contribution is 1.84. The first-order valence-corrected chi connectivity index (χ1v) is 2.82. The smallest absolute Gasteiger partial charge is 0.344 e. The zero-order chi connectivity index (χ0) is 6.57. The topological polar surface area (TPSA) is 52.6 Å². The van der Waals surface area contributed by atoms with Crippen LogP contribution in [0.4, 0.5) is 0 Å². The van der Waals surface area contributed by atoms with Crippen LogP contribution in [0.25, 0.3) is 0 Å². The Morgan fingerprint density at radius 1 is 1.62 bits per heavy atom. The molecule has 0 fully saturated rings. The molecule has 0 aromatic rings. The van der Waals surface area contributed by atoms with Crippen molar-refractivity contribution in [1.82, 2.24) is 0 Å². The highest BCUT2D eigenvalue weighted by molar-refractivity contribution is 7.75. The molecule has 0 saturated carbocycles. The number of carbonyl (C=O) groups excluding carboxylic acids is 1. The van der Waals surface area contributed by atoms with Gasteiger partial charge >= 0.3 is 17.3 Å². The molecule has 4 nitrogen and oxygen atoms in total. The van der Waals surface area contributed by atoms with Crippen molar-refractivity contribution >= 4 is 17.3 Å². The van der Waals surface area contributed by atoms with Gasteiger partial charge in [0, 0.05) is 6.92 Å². The highest BCUT2D eigenvalue weighted by atomic mass is 32.2. The Bertz CT molecular complexity index is 110. The fourth-order valence-corrected chi connectivity index (χ4v) is 0.390. The van der Waals surface area contributed by atoms with Gasteiger partial charge in [0.1, 0.15) is 0 Å². The molecular weight excluding hydrogens is 132 g/mol. The summed E-state index contributed by atoms with van der Waals surface area (Å²) < 4.78 is 18.2. The van der Waals surface area contributed by atoms with Crippen molar-refractivity contribution in [2.75, 3.05) is 7.11 Å². The predicted molar refractivity (Wildman–Crippen MR) is 26.9 cm³/mol. The van der Waals surface area contributed by atoms with Crippen LogP contribution in [-0.2, 0) is 24.5 Å². The van der Waals surface area contributed by atoms with E-state index in [-0.39, 0.29) is 0 Å². The second-order valence-electron chi connectivity index (χ2n) is 0.946. The van der Waals surface area contributed by atoms with Crippen LogP contribution in [0.2, 0.25) is 0 Å². The van der Waals surface area contributed by atoms with Crippen LogP contribution < -0.4 is 0 Å². The van der Waals surface area contributed by atoms with Crippen molar-refractivity contribution in [2.24, 2.45) is 0 Å². The van der Waals surface area contributed by atoms with Crippen LogP contribution in [0.1, 0.15) is 6.92 Å². The van der Waals surface area contributed by atoms with E-state index in [1.807, 2.05) is 0 Å². The lowest BCUT2D eigenvalue weighted by Crippen LogP contribution is -2.03. The van der Waals surface area contributed by atoms with Gasteiger partial charge in [0.05, 0.1) is 7.11 Å². The predicted octanol–water partition coefficient (Wildman–Crippen LogP) is -0.225. The van der Waals surface area contributed by atoms with Crippen LogP contribution >= 0.6 is 0 Å². The first-order chi connectivity index (χ1) is 3.66. The van der Waals surface area contributed by atoms with Gasteiger partial charge in [-0.25, -0.2) is 0 Å². The summed E-state index contributed by atoms with van der Waals surface area (Å²) in [4.78, 5) is 9.92. The van der Waals surface area contributed by atoms with Gasteiger partial charge in [0.25, 0.3) is 0 Å². The summed E-state index contributed by atoms with van der Waals surface area (Å²) >= 11 is -1.91. The third kappa shape index (κ3) is 3.76. The van der Waals surface area contributed by atoms with Gasteiger partial charge in [-0.15, -0.1) is 0 Å². The quantitative estimate of drug-likeness (QED) is 0.529. The maximum Gasteiger partial charge on any atom is 0.362 e. The molecule has 0 N–H and O–H groups in total. The van der Waals surface area contributed by atoms with Crippen molar-refractivity contribution in [1.29, 1.82) is 0 Å². The van der Waals surface area contributed by atoms with Gasteiger partial charge in [0.2, 0.25) is 0 Å². The van der Waals surface area contributed by atoms with E-state index in [9.17, 15) is 9.00 Å². The molecule has 8 heavy (non-hydrogen) atoms. The second-order valence-corrected chi connectivity index (χ2v) is 1.85. The molecule has 0 aromatic heterocycles. The molecule has 0 aliphatic carbocycles. The summed E-state index contributed by atoms with van der Waals surface area (Å²) in [6.45, 7) is 1.15. The molecule has 0 aromatic carbocycles. The monoisotopic (exact) mass is 138 g/mol. The fraction of sp³-hybridized carbons (Fsp3) is 0.667. The van der Waals surface area contributed by atoms with Crippen molar-refractivity contribution in [3.8, 4) is 0 Å². The summed E-state index contributed by atoms with van der Waals surface area (Å²) in [5.74, 6) is -0.620.